The van der Waals surface area contributed by atoms with Crippen LogP contribution in [0.4, 0.5) is 0 Å². The van der Waals surface area contributed by atoms with Crippen molar-refractivity contribution in [1.82, 2.24) is 5.32 Å². The molecule has 0 aromatic heterocycles. The van der Waals surface area contributed by atoms with E-state index in [1.54, 1.807) is 6.07 Å². The van der Waals surface area contributed by atoms with Crippen LogP contribution in [0.2, 0.25) is 5.02 Å². The molecule has 2 N–H and O–H groups in total. The Balaban J connectivity index is 2.25. The molecule has 0 unspecified atom stereocenters. The predicted molar refractivity (Wildman–Crippen MR) is 53.1 cm³/mol. The topological polar surface area (TPSA) is 32.3 Å². The van der Waals surface area contributed by atoms with E-state index in [0.717, 1.165) is 13.0 Å². The van der Waals surface area contributed by atoms with Gasteiger partial charge >= 0.3 is 0 Å². The second-order valence-electron chi connectivity index (χ2n) is 3.36. The standard InChI is InChI=1S/C10H12ClNO/c11-8-6-7(3-4-10(8)13)9-2-1-5-12-9/h3-4,6,9,12-13H,1-2,5H2/t9-/m0/s1. The average molecular weight is 198 g/mol. The van der Waals surface area contributed by atoms with Gasteiger partial charge in [-0.25, -0.2) is 0 Å². The first-order chi connectivity index (χ1) is 6.27. The summed E-state index contributed by atoms with van der Waals surface area (Å²) in [7, 11) is 0. The Hall–Kier alpha value is -0.730. The molecular weight excluding hydrogens is 186 g/mol. The highest BCUT2D eigenvalue weighted by Gasteiger charge is 2.16. The lowest BCUT2D eigenvalue weighted by Crippen LogP contribution is -2.12. The first-order valence-electron chi connectivity index (χ1n) is 4.49. The van der Waals surface area contributed by atoms with Crippen LogP contribution in [0.15, 0.2) is 18.2 Å². The first kappa shape index (κ1) is 8.85. The first-order valence-corrected chi connectivity index (χ1v) is 4.87. The molecule has 2 rings (SSSR count). The van der Waals surface area contributed by atoms with Gasteiger partial charge in [-0.1, -0.05) is 17.7 Å². The highest BCUT2D eigenvalue weighted by molar-refractivity contribution is 6.32. The van der Waals surface area contributed by atoms with E-state index in [1.165, 1.54) is 12.0 Å². The van der Waals surface area contributed by atoms with Gasteiger partial charge < -0.3 is 10.4 Å². The lowest BCUT2D eigenvalue weighted by atomic mass is 10.1. The molecule has 2 nitrogen and oxygen atoms in total. The van der Waals surface area contributed by atoms with Crippen molar-refractivity contribution in [2.45, 2.75) is 18.9 Å². The zero-order valence-corrected chi connectivity index (χ0v) is 8.01. The molecule has 0 amide bonds. The highest BCUT2D eigenvalue weighted by Crippen LogP contribution is 2.29. The van der Waals surface area contributed by atoms with Gasteiger partial charge in [-0.2, -0.15) is 0 Å². The van der Waals surface area contributed by atoms with Gasteiger partial charge in [-0.3, -0.25) is 0 Å². The van der Waals surface area contributed by atoms with Gasteiger partial charge in [-0.15, -0.1) is 0 Å². The van der Waals surface area contributed by atoms with E-state index < -0.39 is 0 Å². The van der Waals surface area contributed by atoms with Crippen molar-refractivity contribution in [3.8, 4) is 5.75 Å². The van der Waals surface area contributed by atoms with Crippen molar-refractivity contribution < 1.29 is 5.11 Å². The van der Waals surface area contributed by atoms with Crippen LogP contribution in [0.25, 0.3) is 0 Å². The van der Waals surface area contributed by atoms with Crippen LogP contribution in [0.1, 0.15) is 24.4 Å². The fourth-order valence-electron chi connectivity index (χ4n) is 1.71. The molecule has 13 heavy (non-hydrogen) atoms. The largest absolute Gasteiger partial charge is 0.506 e. The van der Waals surface area contributed by atoms with E-state index in [4.69, 9.17) is 11.6 Å². The summed E-state index contributed by atoms with van der Waals surface area (Å²) in [6.07, 6.45) is 2.37. The molecule has 1 atom stereocenters. The van der Waals surface area contributed by atoms with Crippen LogP contribution in [-0.2, 0) is 0 Å². The summed E-state index contributed by atoms with van der Waals surface area (Å²) < 4.78 is 0. The molecule has 1 aliphatic heterocycles. The number of benzene rings is 1. The predicted octanol–water partition coefficient (Wildman–Crippen LogP) is 2.47. The number of nitrogens with one attached hydrogen (secondary N) is 1. The van der Waals surface area contributed by atoms with Gasteiger partial charge in [0.2, 0.25) is 0 Å². The third-order valence-electron chi connectivity index (χ3n) is 2.43. The van der Waals surface area contributed by atoms with Gasteiger partial charge in [0.15, 0.2) is 0 Å². The van der Waals surface area contributed by atoms with Gasteiger partial charge in [0.1, 0.15) is 5.75 Å². The minimum Gasteiger partial charge on any atom is -0.506 e. The highest BCUT2D eigenvalue weighted by atomic mass is 35.5. The molecule has 70 valence electrons. The number of phenols is 1. The number of aromatic hydroxyl groups is 1. The number of halogens is 1. The molecule has 0 radical (unpaired) electrons. The van der Waals surface area contributed by atoms with Gasteiger partial charge in [-0.05, 0) is 37.1 Å². The molecule has 0 saturated carbocycles. The minimum atomic E-state index is 0.156. The van der Waals surface area contributed by atoms with Crippen LogP contribution in [-0.4, -0.2) is 11.7 Å². The Morgan fingerprint density at radius 2 is 2.31 bits per heavy atom. The van der Waals surface area contributed by atoms with Gasteiger partial charge in [0.25, 0.3) is 0 Å². The van der Waals surface area contributed by atoms with Crippen molar-refractivity contribution in [3.05, 3.63) is 28.8 Å². The van der Waals surface area contributed by atoms with Crippen molar-refractivity contribution in [2.24, 2.45) is 0 Å². The maximum Gasteiger partial charge on any atom is 0.134 e. The maximum atomic E-state index is 9.23. The quantitative estimate of drug-likeness (QED) is 0.725. The van der Waals surface area contributed by atoms with E-state index >= 15 is 0 Å². The monoisotopic (exact) mass is 197 g/mol. The Morgan fingerprint density at radius 3 is 2.92 bits per heavy atom. The molecule has 0 bridgehead atoms. The lowest BCUT2D eigenvalue weighted by molar-refractivity contribution is 0.475. The van der Waals surface area contributed by atoms with E-state index in [2.05, 4.69) is 5.32 Å². The summed E-state index contributed by atoms with van der Waals surface area (Å²) in [6, 6.07) is 5.82. The summed E-state index contributed by atoms with van der Waals surface area (Å²) in [4.78, 5) is 0. The molecule has 0 spiro atoms. The molecule has 0 aliphatic carbocycles. The zero-order chi connectivity index (χ0) is 9.26. The molecule has 1 aromatic rings. The maximum absolute atomic E-state index is 9.23. The Kier molecular flexibility index (Phi) is 2.42. The summed E-state index contributed by atoms with van der Waals surface area (Å²) >= 11 is 5.81. The fourth-order valence-corrected chi connectivity index (χ4v) is 1.90. The minimum absolute atomic E-state index is 0.156. The van der Waals surface area contributed by atoms with Crippen LogP contribution in [0.3, 0.4) is 0 Å². The van der Waals surface area contributed by atoms with E-state index in [1.807, 2.05) is 12.1 Å². The Morgan fingerprint density at radius 1 is 1.46 bits per heavy atom. The van der Waals surface area contributed by atoms with E-state index in [0.29, 0.717) is 11.1 Å². The lowest BCUT2D eigenvalue weighted by Gasteiger charge is -2.10. The van der Waals surface area contributed by atoms with E-state index in [-0.39, 0.29) is 5.75 Å². The molecule has 1 saturated heterocycles. The number of hydrogen-bond donors (Lipinski definition) is 2. The molecule has 1 fully saturated rings. The second-order valence-corrected chi connectivity index (χ2v) is 3.77. The Labute approximate surface area is 82.5 Å². The van der Waals surface area contributed by atoms with Crippen LogP contribution < -0.4 is 5.32 Å². The van der Waals surface area contributed by atoms with Crippen LogP contribution >= 0.6 is 11.6 Å². The molecule has 1 aliphatic rings. The average Bonchev–Trinajstić information content (AvgIpc) is 2.62. The van der Waals surface area contributed by atoms with Crippen molar-refractivity contribution in [3.63, 3.8) is 0 Å². The van der Waals surface area contributed by atoms with Crippen LogP contribution in [0.5, 0.6) is 5.75 Å². The molecule has 3 heteroatoms. The summed E-state index contributed by atoms with van der Waals surface area (Å²) in [5, 5.41) is 13.0. The molecular formula is C10H12ClNO. The zero-order valence-electron chi connectivity index (χ0n) is 7.26. The van der Waals surface area contributed by atoms with Crippen molar-refractivity contribution in [1.29, 1.82) is 0 Å². The fraction of sp³-hybridized carbons (Fsp3) is 0.400. The third kappa shape index (κ3) is 1.79. The third-order valence-corrected chi connectivity index (χ3v) is 2.74. The number of hydrogen-bond acceptors (Lipinski definition) is 2. The molecule has 1 aromatic carbocycles. The van der Waals surface area contributed by atoms with E-state index in [9.17, 15) is 5.11 Å². The van der Waals surface area contributed by atoms with Crippen molar-refractivity contribution >= 4 is 11.6 Å². The normalized spacial score (nSPS) is 22.1. The smallest absolute Gasteiger partial charge is 0.134 e. The SMILES string of the molecule is Oc1ccc([C@@H]2CCCN2)cc1Cl. The summed E-state index contributed by atoms with van der Waals surface area (Å²) in [5.41, 5.74) is 1.17. The second kappa shape index (κ2) is 3.56. The van der Waals surface area contributed by atoms with Crippen molar-refractivity contribution in [2.75, 3.05) is 6.54 Å². The van der Waals surface area contributed by atoms with Crippen LogP contribution in [0, 0.1) is 0 Å². The summed E-state index contributed by atoms with van der Waals surface area (Å²) in [6.45, 7) is 1.07. The molecule has 1 heterocycles. The number of rotatable bonds is 1. The van der Waals surface area contributed by atoms with Gasteiger partial charge in [0.05, 0.1) is 5.02 Å². The number of phenolic OH excluding ortho intramolecular Hbond substituents is 1. The summed E-state index contributed by atoms with van der Waals surface area (Å²) in [5.74, 6) is 0.156. The Bertz CT molecular complexity index is 308. The van der Waals surface area contributed by atoms with Gasteiger partial charge in [0, 0.05) is 6.04 Å².